The molecule has 138 valence electrons. The molecule has 0 spiro atoms. The van der Waals surface area contributed by atoms with Crippen LogP contribution in [0, 0.1) is 5.82 Å². The molecule has 1 heterocycles. The highest BCUT2D eigenvalue weighted by atomic mass is 35.5. The molecule has 0 saturated heterocycles. The van der Waals surface area contributed by atoms with Crippen molar-refractivity contribution < 1.29 is 22.3 Å². The number of carbonyl (C=O) groups is 1. The molecule has 0 unspecified atom stereocenters. The zero-order valence-electron chi connectivity index (χ0n) is 13.8. The molecule has 2 aromatic rings. The quantitative estimate of drug-likeness (QED) is 0.862. The Hall–Kier alpha value is -2.32. The van der Waals surface area contributed by atoms with Crippen LogP contribution in [0.3, 0.4) is 0 Å². The Morgan fingerprint density at radius 2 is 2.04 bits per heavy atom. The predicted octanol–water partition coefficient (Wildman–Crippen LogP) is 3.03. The number of nitrogens with one attached hydrogen (secondary N) is 1. The summed E-state index contributed by atoms with van der Waals surface area (Å²) in [6.07, 6.45) is 0.347. The smallest absolute Gasteiger partial charge is 0.265 e. The number of ether oxygens (including phenoxy) is 1. The van der Waals surface area contributed by atoms with Crippen LogP contribution in [-0.4, -0.2) is 33.2 Å². The number of para-hydroxylation sites is 2. The summed E-state index contributed by atoms with van der Waals surface area (Å²) >= 11 is 5.71. The van der Waals surface area contributed by atoms with E-state index in [4.69, 9.17) is 16.3 Å². The van der Waals surface area contributed by atoms with Gasteiger partial charge in [0.05, 0.1) is 17.0 Å². The van der Waals surface area contributed by atoms with Gasteiger partial charge in [0.15, 0.2) is 6.10 Å². The number of halogens is 2. The normalized spacial score (nSPS) is 17.0. The summed E-state index contributed by atoms with van der Waals surface area (Å²) in [6, 6.07) is 10.4. The molecular formula is C17H16ClFN2O4S. The van der Waals surface area contributed by atoms with E-state index < -0.39 is 27.9 Å². The number of carbonyl (C=O) groups excluding carboxylic acids is 1. The van der Waals surface area contributed by atoms with Crippen LogP contribution < -0.4 is 14.4 Å². The first-order chi connectivity index (χ1) is 12.3. The molecule has 0 bridgehead atoms. The average Bonchev–Trinajstić information content (AvgIpc) is 2.77. The van der Waals surface area contributed by atoms with E-state index in [1.54, 1.807) is 24.3 Å². The van der Waals surface area contributed by atoms with Gasteiger partial charge in [-0.2, -0.15) is 0 Å². The lowest BCUT2D eigenvalue weighted by molar-refractivity contribution is -0.122. The minimum atomic E-state index is -3.52. The average molecular weight is 399 g/mol. The zero-order valence-corrected chi connectivity index (χ0v) is 15.3. The van der Waals surface area contributed by atoms with E-state index in [1.807, 2.05) is 0 Å². The topological polar surface area (TPSA) is 75.7 Å². The molecule has 2 aromatic carbocycles. The van der Waals surface area contributed by atoms with E-state index in [-0.39, 0.29) is 18.0 Å². The number of amides is 1. The van der Waals surface area contributed by atoms with E-state index >= 15 is 0 Å². The molecule has 0 aromatic heterocycles. The lowest BCUT2D eigenvalue weighted by Gasteiger charge is -2.20. The number of benzene rings is 2. The van der Waals surface area contributed by atoms with Gasteiger partial charge in [-0.1, -0.05) is 23.7 Å². The van der Waals surface area contributed by atoms with Crippen molar-refractivity contribution in [3.05, 3.63) is 53.3 Å². The lowest BCUT2D eigenvalue weighted by Crippen LogP contribution is -2.35. The molecular weight excluding hydrogens is 383 g/mol. The van der Waals surface area contributed by atoms with Crippen LogP contribution in [0.25, 0.3) is 0 Å². The molecule has 1 aliphatic heterocycles. The van der Waals surface area contributed by atoms with Crippen molar-refractivity contribution in [2.45, 2.75) is 12.5 Å². The summed E-state index contributed by atoms with van der Waals surface area (Å²) in [7, 11) is -3.52. The van der Waals surface area contributed by atoms with E-state index in [9.17, 15) is 17.6 Å². The van der Waals surface area contributed by atoms with Gasteiger partial charge in [-0.3, -0.25) is 9.10 Å². The molecule has 0 saturated carbocycles. The van der Waals surface area contributed by atoms with Crippen molar-refractivity contribution in [3.8, 4) is 5.75 Å². The Morgan fingerprint density at radius 3 is 2.73 bits per heavy atom. The van der Waals surface area contributed by atoms with Crippen molar-refractivity contribution >= 4 is 38.9 Å². The second-order valence-electron chi connectivity index (χ2n) is 5.82. The molecule has 1 amide bonds. The molecule has 1 atom stereocenters. The first-order valence-corrected chi connectivity index (χ1v) is 9.97. The van der Waals surface area contributed by atoms with Gasteiger partial charge in [0, 0.05) is 18.7 Å². The number of anilines is 2. The largest absolute Gasteiger partial charge is 0.478 e. The van der Waals surface area contributed by atoms with Crippen LogP contribution in [0.2, 0.25) is 5.02 Å². The fraction of sp³-hybridized carbons (Fsp3) is 0.235. The van der Waals surface area contributed by atoms with Crippen LogP contribution in [0.15, 0.2) is 42.5 Å². The highest BCUT2D eigenvalue weighted by Gasteiger charge is 2.31. The third-order valence-corrected chi connectivity index (χ3v) is 5.35. The first kappa shape index (κ1) is 18.5. The summed E-state index contributed by atoms with van der Waals surface area (Å²) in [5.74, 6) is -0.765. The zero-order chi connectivity index (χ0) is 18.9. The summed E-state index contributed by atoms with van der Waals surface area (Å²) in [5.41, 5.74) is 0.706. The summed E-state index contributed by atoms with van der Waals surface area (Å²) in [4.78, 5) is 12.5. The van der Waals surface area contributed by atoms with E-state index in [1.165, 1.54) is 16.4 Å². The second-order valence-corrected chi connectivity index (χ2v) is 8.13. The minimum Gasteiger partial charge on any atom is -0.478 e. The van der Waals surface area contributed by atoms with Crippen molar-refractivity contribution in [1.82, 2.24) is 0 Å². The fourth-order valence-electron chi connectivity index (χ4n) is 2.66. The van der Waals surface area contributed by atoms with Gasteiger partial charge >= 0.3 is 0 Å². The van der Waals surface area contributed by atoms with E-state index in [0.717, 1.165) is 12.3 Å². The second kappa shape index (κ2) is 7.13. The maximum atomic E-state index is 13.2. The fourth-order valence-corrected chi connectivity index (χ4v) is 3.78. The van der Waals surface area contributed by atoms with Crippen molar-refractivity contribution in [1.29, 1.82) is 0 Å². The number of sulfonamides is 1. The Morgan fingerprint density at radius 1 is 1.31 bits per heavy atom. The Bertz CT molecular complexity index is 952. The van der Waals surface area contributed by atoms with Crippen LogP contribution in [-0.2, 0) is 14.8 Å². The Labute approximate surface area is 155 Å². The van der Waals surface area contributed by atoms with E-state index in [0.29, 0.717) is 17.1 Å². The number of rotatable bonds is 3. The number of nitrogens with zero attached hydrogens (tertiary/aromatic N) is 1. The van der Waals surface area contributed by atoms with Crippen LogP contribution in [0.1, 0.15) is 6.42 Å². The molecule has 1 N–H and O–H groups in total. The van der Waals surface area contributed by atoms with Crippen LogP contribution in [0.4, 0.5) is 15.8 Å². The van der Waals surface area contributed by atoms with Crippen molar-refractivity contribution in [2.75, 3.05) is 22.4 Å². The summed E-state index contributed by atoms with van der Waals surface area (Å²) in [6.45, 7) is 0.0953. The summed E-state index contributed by atoms with van der Waals surface area (Å²) in [5, 5.41) is 2.50. The SMILES string of the molecule is CS(=O)(=O)N1CC[C@H](C(=O)Nc2ccc(F)c(Cl)c2)Oc2ccccc21. The van der Waals surface area contributed by atoms with Crippen molar-refractivity contribution in [2.24, 2.45) is 0 Å². The van der Waals surface area contributed by atoms with Gasteiger partial charge in [0.2, 0.25) is 10.0 Å². The minimum absolute atomic E-state index is 0.0953. The van der Waals surface area contributed by atoms with Gasteiger partial charge < -0.3 is 10.1 Å². The summed E-state index contributed by atoms with van der Waals surface area (Å²) < 4.78 is 44.3. The van der Waals surface area contributed by atoms with Gasteiger partial charge in [0.1, 0.15) is 11.6 Å². The first-order valence-electron chi connectivity index (χ1n) is 7.75. The molecule has 0 aliphatic carbocycles. The van der Waals surface area contributed by atoms with Gasteiger partial charge in [-0.15, -0.1) is 0 Å². The maximum Gasteiger partial charge on any atom is 0.265 e. The molecule has 9 heteroatoms. The highest BCUT2D eigenvalue weighted by molar-refractivity contribution is 7.92. The molecule has 0 radical (unpaired) electrons. The molecule has 26 heavy (non-hydrogen) atoms. The molecule has 3 rings (SSSR count). The van der Waals surface area contributed by atoms with Crippen LogP contribution in [0.5, 0.6) is 5.75 Å². The monoisotopic (exact) mass is 398 g/mol. The van der Waals surface area contributed by atoms with Gasteiger partial charge in [0.25, 0.3) is 5.91 Å². The molecule has 1 aliphatic rings. The third-order valence-electron chi connectivity index (χ3n) is 3.88. The van der Waals surface area contributed by atoms with E-state index in [2.05, 4.69) is 5.32 Å². The Kier molecular flexibility index (Phi) is 5.06. The lowest BCUT2D eigenvalue weighted by atomic mass is 10.2. The number of fused-ring (bicyclic) bond motifs is 1. The number of hydrogen-bond donors (Lipinski definition) is 1. The number of hydrogen-bond acceptors (Lipinski definition) is 4. The van der Waals surface area contributed by atoms with Gasteiger partial charge in [-0.05, 0) is 30.3 Å². The standard InChI is InChI=1S/C17H16ClFN2O4S/c1-26(23,24)21-9-8-16(25-15-5-3-2-4-14(15)21)17(22)20-11-6-7-13(19)12(18)10-11/h2-7,10,16H,8-9H2,1H3,(H,20,22)/t16-/m1/s1. The predicted molar refractivity (Wildman–Crippen MR) is 97.7 cm³/mol. The third kappa shape index (κ3) is 3.91. The van der Waals surface area contributed by atoms with Gasteiger partial charge in [-0.25, -0.2) is 12.8 Å². The molecule has 0 fully saturated rings. The highest BCUT2D eigenvalue weighted by Crippen LogP contribution is 2.34. The molecule has 6 nitrogen and oxygen atoms in total. The Balaban J connectivity index is 1.84. The van der Waals surface area contributed by atoms with Crippen molar-refractivity contribution in [3.63, 3.8) is 0 Å². The maximum absolute atomic E-state index is 13.2. The van der Waals surface area contributed by atoms with Crippen LogP contribution >= 0.6 is 11.6 Å².